The van der Waals surface area contributed by atoms with Crippen LogP contribution in [0.3, 0.4) is 0 Å². The summed E-state index contributed by atoms with van der Waals surface area (Å²) in [6.45, 7) is 4.06. The first-order chi connectivity index (χ1) is 10.7. The molecule has 0 amide bonds. The van der Waals surface area contributed by atoms with E-state index in [0.717, 1.165) is 41.4 Å². The molecule has 3 rings (SSSR count). The third kappa shape index (κ3) is 3.80. The number of aromatic nitrogens is 2. The van der Waals surface area contributed by atoms with Crippen LogP contribution in [0.4, 0.5) is 0 Å². The zero-order chi connectivity index (χ0) is 15.4. The molecule has 1 saturated heterocycles. The van der Waals surface area contributed by atoms with Crippen molar-refractivity contribution in [1.29, 1.82) is 0 Å². The van der Waals surface area contributed by atoms with Gasteiger partial charge in [-0.15, -0.1) is 5.10 Å². The van der Waals surface area contributed by atoms with E-state index in [4.69, 9.17) is 12.2 Å². The highest BCUT2D eigenvalue weighted by Gasteiger charge is 2.28. The van der Waals surface area contributed by atoms with Crippen LogP contribution in [-0.4, -0.2) is 39.0 Å². The lowest BCUT2D eigenvalue weighted by Gasteiger charge is -2.30. The maximum absolute atomic E-state index is 5.55. The summed E-state index contributed by atoms with van der Waals surface area (Å²) in [6.07, 6.45) is 8.44. The first-order valence-electron chi connectivity index (χ1n) is 8.09. The number of nitrogens with zero attached hydrogens (tertiary/aromatic N) is 4. The van der Waals surface area contributed by atoms with E-state index in [9.17, 15) is 0 Å². The first-order valence-corrected chi connectivity index (χ1v) is 8.50. The van der Waals surface area contributed by atoms with E-state index in [1.54, 1.807) is 6.20 Å². The third-order valence-electron chi connectivity index (χ3n) is 4.71. The maximum atomic E-state index is 5.55. The van der Waals surface area contributed by atoms with E-state index in [0.29, 0.717) is 0 Å². The summed E-state index contributed by atoms with van der Waals surface area (Å²) in [4.78, 5) is 2.31. The predicted molar refractivity (Wildman–Crippen MR) is 91.6 cm³/mol. The van der Waals surface area contributed by atoms with Crippen LogP contribution in [0.25, 0.3) is 0 Å². The van der Waals surface area contributed by atoms with Gasteiger partial charge in [0, 0.05) is 19.3 Å². The van der Waals surface area contributed by atoms with Crippen molar-refractivity contribution in [3.05, 3.63) is 24.0 Å². The number of hydrogen-bond acceptors (Lipinski definition) is 4. The van der Waals surface area contributed by atoms with Crippen molar-refractivity contribution in [2.24, 2.45) is 16.9 Å². The Labute approximate surface area is 137 Å². The molecular weight excluding hydrogens is 294 g/mol. The fourth-order valence-corrected chi connectivity index (χ4v) is 3.63. The van der Waals surface area contributed by atoms with E-state index in [2.05, 4.69) is 25.6 Å². The second kappa shape index (κ2) is 7.13. The minimum atomic E-state index is 0.738. The molecule has 1 aromatic rings. The van der Waals surface area contributed by atoms with Gasteiger partial charge in [0.2, 0.25) is 0 Å². The molecule has 6 heteroatoms. The third-order valence-corrected chi connectivity index (χ3v) is 5.06. The number of rotatable bonds is 2. The molecule has 0 radical (unpaired) electrons. The number of nitrogens with one attached hydrogen (secondary N) is 1. The quantitative estimate of drug-likeness (QED) is 0.516. The van der Waals surface area contributed by atoms with Crippen LogP contribution in [0, 0.1) is 11.8 Å². The fraction of sp³-hybridized carbons (Fsp3) is 0.625. The molecule has 0 aromatic carbocycles. The Kier molecular flexibility index (Phi) is 4.97. The fourth-order valence-electron chi connectivity index (χ4n) is 3.44. The van der Waals surface area contributed by atoms with Crippen molar-refractivity contribution < 1.29 is 0 Å². The molecule has 2 heterocycles. The number of likely N-dealkylation sites (tertiary alicyclic amines) is 1. The Balaban J connectivity index is 1.62. The van der Waals surface area contributed by atoms with Crippen LogP contribution in [0.1, 0.15) is 44.7 Å². The maximum Gasteiger partial charge on any atom is 0.189 e. The van der Waals surface area contributed by atoms with Gasteiger partial charge in [0.25, 0.3) is 0 Å². The summed E-state index contributed by atoms with van der Waals surface area (Å²) in [6, 6.07) is 3.75. The average molecular weight is 317 g/mol. The zero-order valence-electron chi connectivity index (χ0n) is 13.0. The van der Waals surface area contributed by atoms with E-state index >= 15 is 0 Å². The van der Waals surface area contributed by atoms with Crippen LogP contribution < -0.4 is 5.43 Å². The van der Waals surface area contributed by atoms with Gasteiger partial charge in [-0.25, -0.2) is 0 Å². The molecule has 1 N–H and O–H groups in total. The van der Waals surface area contributed by atoms with Gasteiger partial charge in [0.1, 0.15) is 5.69 Å². The molecule has 1 aliphatic carbocycles. The van der Waals surface area contributed by atoms with Crippen molar-refractivity contribution in [1.82, 2.24) is 20.5 Å². The van der Waals surface area contributed by atoms with E-state index in [1.165, 1.54) is 32.1 Å². The molecule has 2 atom stereocenters. The smallest absolute Gasteiger partial charge is 0.189 e. The Morgan fingerprint density at radius 1 is 1.27 bits per heavy atom. The summed E-state index contributed by atoms with van der Waals surface area (Å²) >= 11 is 5.55. The van der Waals surface area contributed by atoms with Crippen LogP contribution in [-0.2, 0) is 0 Å². The molecule has 0 spiro atoms. The highest BCUT2D eigenvalue weighted by atomic mass is 32.1. The van der Waals surface area contributed by atoms with Crippen molar-refractivity contribution in [2.75, 3.05) is 13.1 Å². The summed E-state index contributed by atoms with van der Waals surface area (Å²) in [5.41, 5.74) is 4.61. The Hall–Kier alpha value is -1.56. The number of fused-ring (bicyclic) bond motifs is 3. The molecular formula is C16H23N5S. The van der Waals surface area contributed by atoms with Gasteiger partial charge in [0.05, 0.1) is 5.71 Å². The Bertz CT molecular complexity index is 531. The minimum Gasteiger partial charge on any atom is -0.347 e. The molecule has 1 aliphatic heterocycles. The van der Waals surface area contributed by atoms with Gasteiger partial charge >= 0.3 is 0 Å². The van der Waals surface area contributed by atoms with Gasteiger partial charge in [0.15, 0.2) is 5.11 Å². The summed E-state index contributed by atoms with van der Waals surface area (Å²) in [7, 11) is 0. The monoisotopic (exact) mass is 317 g/mol. The van der Waals surface area contributed by atoms with Crippen molar-refractivity contribution in [3.8, 4) is 0 Å². The second-order valence-corrected chi connectivity index (χ2v) is 6.76. The largest absolute Gasteiger partial charge is 0.347 e. The lowest BCUT2D eigenvalue weighted by Crippen LogP contribution is -2.42. The standard InChI is InChI=1S/C16H23N5S/c1-12(15-6-3-9-17-19-15)18-20-16(22)21-10-13-4-2-5-14(11-21)8-7-13/h3,6,9,13-14H,2,4-5,7-8,10-11H2,1H3,(H,20,22)/b18-12+/t13-,14+. The van der Waals surface area contributed by atoms with E-state index < -0.39 is 0 Å². The van der Waals surface area contributed by atoms with Crippen LogP contribution in [0.15, 0.2) is 23.4 Å². The lowest BCUT2D eigenvalue weighted by molar-refractivity contribution is 0.286. The Morgan fingerprint density at radius 2 is 2.00 bits per heavy atom. The average Bonchev–Trinajstić information content (AvgIpc) is 2.87. The van der Waals surface area contributed by atoms with Crippen molar-refractivity contribution in [2.45, 2.75) is 39.0 Å². The summed E-state index contributed by atoms with van der Waals surface area (Å²) < 4.78 is 0. The van der Waals surface area contributed by atoms with E-state index in [-0.39, 0.29) is 0 Å². The molecule has 22 heavy (non-hydrogen) atoms. The number of hydrogen-bond donors (Lipinski definition) is 1. The second-order valence-electron chi connectivity index (χ2n) is 6.37. The SMILES string of the molecule is C/C(=N\NC(=S)N1C[C@@H]2CCC[C@@H](CC2)C1)c1cccnn1. The van der Waals surface area contributed by atoms with Crippen LogP contribution in [0.5, 0.6) is 0 Å². The highest BCUT2D eigenvalue weighted by Crippen LogP contribution is 2.32. The predicted octanol–water partition coefficient (Wildman–Crippen LogP) is 2.59. The molecule has 2 bridgehead atoms. The van der Waals surface area contributed by atoms with E-state index in [1.807, 2.05) is 19.1 Å². The highest BCUT2D eigenvalue weighted by molar-refractivity contribution is 7.80. The molecule has 1 saturated carbocycles. The number of hydrazone groups is 1. The molecule has 5 nitrogen and oxygen atoms in total. The molecule has 2 aliphatic rings. The van der Waals surface area contributed by atoms with Crippen LogP contribution >= 0.6 is 12.2 Å². The summed E-state index contributed by atoms with van der Waals surface area (Å²) in [5, 5.41) is 13.0. The van der Waals surface area contributed by atoms with Gasteiger partial charge in [-0.05, 0) is 68.8 Å². The summed E-state index contributed by atoms with van der Waals surface area (Å²) in [5.74, 6) is 1.58. The number of thiocarbonyl (C=S) groups is 1. The molecule has 118 valence electrons. The zero-order valence-corrected chi connectivity index (χ0v) is 13.9. The van der Waals surface area contributed by atoms with Crippen LogP contribution in [0.2, 0.25) is 0 Å². The van der Waals surface area contributed by atoms with Gasteiger partial charge in [-0.1, -0.05) is 6.42 Å². The molecule has 1 aromatic heterocycles. The van der Waals surface area contributed by atoms with Gasteiger partial charge < -0.3 is 4.90 Å². The van der Waals surface area contributed by atoms with Crippen molar-refractivity contribution >= 4 is 23.0 Å². The molecule has 2 fully saturated rings. The minimum absolute atomic E-state index is 0.738. The van der Waals surface area contributed by atoms with Gasteiger partial charge in [-0.2, -0.15) is 10.2 Å². The normalized spacial score (nSPS) is 25.5. The van der Waals surface area contributed by atoms with Gasteiger partial charge in [-0.3, -0.25) is 5.43 Å². The first kappa shape index (κ1) is 15.3. The lowest BCUT2D eigenvalue weighted by atomic mass is 10.00. The Morgan fingerprint density at radius 3 is 2.64 bits per heavy atom. The molecule has 0 unspecified atom stereocenters. The topological polar surface area (TPSA) is 53.4 Å². The van der Waals surface area contributed by atoms with Crippen molar-refractivity contribution in [3.63, 3.8) is 0 Å².